The fourth-order valence-electron chi connectivity index (χ4n) is 1.35. The third-order valence-electron chi connectivity index (χ3n) is 2.14. The minimum absolute atomic E-state index is 0.343. The zero-order valence-corrected chi connectivity index (χ0v) is 8.80. The van der Waals surface area contributed by atoms with Gasteiger partial charge in [-0.2, -0.15) is 0 Å². The summed E-state index contributed by atoms with van der Waals surface area (Å²) in [6.45, 7) is 0. The molecule has 0 atom stereocenters. The molecular weight excluding hydrogens is 244 g/mol. The summed E-state index contributed by atoms with van der Waals surface area (Å²) in [5.41, 5.74) is 2.94. The molecule has 0 bridgehead atoms. The van der Waals surface area contributed by atoms with Gasteiger partial charge in [-0.25, -0.2) is 14.4 Å². The monoisotopic (exact) mass is 252 g/mol. The van der Waals surface area contributed by atoms with E-state index in [1.165, 1.54) is 0 Å². The molecule has 18 heavy (non-hydrogen) atoms. The van der Waals surface area contributed by atoms with Gasteiger partial charge in [-0.3, -0.25) is 5.41 Å². The highest BCUT2D eigenvalue weighted by molar-refractivity contribution is 6.10. The Labute approximate surface area is 99.8 Å². The predicted octanol–water partition coefficient (Wildman–Crippen LogP) is 0.0653. The Balaban J connectivity index is 3.71. The zero-order valence-electron chi connectivity index (χ0n) is 8.80. The van der Waals surface area contributed by atoms with Crippen LogP contribution in [0.2, 0.25) is 0 Å². The number of amidine groups is 1. The molecule has 94 valence electrons. The van der Waals surface area contributed by atoms with Crippen molar-refractivity contribution < 1.29 is 29.7 Å². The van der Waals surface area contributed by atoms with E-state index in [1.807, 2.05) is 0 Å². The Hall–Kier alpha value is -2.90. The first-order chi connectivity index (χ1) is 8.25. The van der Waals surface area contributed by atoms with Gasteiger partial charge < -0.3 is 21.1 Å². The van der Waals surface area contributed by atoms with Crippen LogP contribution in [0.4, 0.5) is 0 Å². The van der Waals surface area contributed by atoms with Crippen molar-refractivity contribution in [1.82, 2.24) is 0 Å². The normalized spacial score (nSPS) is 9.78. The molecule has 1 aromatic carbocycles. The molecule has 8 nitrogen and oxygen atoms in total. The first-order valence-corrected chi connectivity index (χ1v) is 4.48. The van der Waals surface area contributed by atoms with Crippen molar-refractivity contribution in [2.24, 2.45) is 5.73 Å². The van der Waals surface area contributed by atoms with Gasteiger partial charge in [-0.1, -0.05) is 0 Å². The number of nitrogens with two attached hydrogens (primary N) is 1. The quantitative estimate of drug-likeness (QED) is 0.373. The number of nitrogen functional groups attached to an aromatic ring is 1. The molecule has 0 saturated heterocycles. The molecule has 1 aromatic rings. The van der Waals surface area contributed by atoms with Crippen LogP contribution in [0.15, 0.2) is 12.1 Å². The van der Waals surface area contributed by atoms with Gasteiger partial charge >= 0.3 is 17.9 Å². The van der Waals surface area contributed by atoms with E-state index >= 15 is 0 Å². The second kappa shape index (κ2) is 4.53. The van der Waals surface area contributed by atoms with E-state index in [0.717, 1.165) is 6.07 Å². The largest absolute Gasteiger partial charge is 0.478 e. The Bertz CT molecular complexity index is 480. The second-order valence-electron chi connectivity index (χ2n) is 3.27. The van der Waals surface area contributed by atoms with E-state index in [-0.39, 0.29) is 5.56 Å². The van der Waals surface area contributed by atoms with Gasteiger partial charge in [0.15, 0.2) is 0 Å². The van der Waals surface area contributed by atoms with E-state index in [4.69, 9.17) is 26.5 Å². The van der Waals surface area contributed by atoms with E-state index in [9.17, 15) is 14.4 Å². The molecule has 0 aliphatic rings. The number of carbonyl (C=O) groups is 3. The summed E-state index contributed by atoms with van der Waals surface area (Å²) >= 11 is 0. The molecule has 6 N–H and O–H groups in total. The van der Waals surface area contributed by atoms with Crippen LogP contribution in [0, 0.1) is 5.41 Å². The van der Waals surface area contributed by atoms with E-state index in [2.05, 4.69) is 0 Å². The molecule has 0 fully saturated rings. The maximum Gasteiger partial charge on any atom is 0.336 e. The summed E-state index contributed by atoms with van der Waals surface area (Å²) in [6.07, 6.45) is 0. The Morgan fingerprint density at radius 3 is 1.39 bits per heavy atom. The van der Waals surface area contributed by atoms with Crippen LogP contribution in [0.25, 0.3) is 0 Å². The maximum atomic E-state index is 10.9. The van der Waals surface area contributed by atoms with Crippen LogP contribution in [-0.2, 0) is 0 Å². The van der Waals surface area contributed by atoms with Gasteiger partial charge in [0.1, 0.15) is 5.84 Å². The van der Waals surface area contributed by atoms with Gasteiger partial charge in [0, 0.05) is 5.56 Å². The minimum atomic E-state index is -1.58. The second-order valence-corrected chi connectivity index (χ2v) is 3.27. The molecule has 0 spiro atoms. The standard InChI is InChI=1S/C10H8N2O6/c11-7(12)3-1-5(9(15)16)6(10(17)18)2-4(3)8(13)14/h1-2H,(H3,11,12)(H,13,14)(H,15,16)(H,17,18). The maximum absolute atomic E-state index is 10.9. The molecule has 0 unspecified atom stereocenters. The fraction of sp³-hybridized carbons (Fsp3) is 0. The van der Waals surface area contributed by atoms with Crippen molar-refractivity contribution in [2.45, 2.75) is 0 Å². The van der Waals surface area contributed by atoms with Crippen LogP contribution in [-0.4, -0.2) is 39.1 Å². The highest BCUT2D eigenvalue weighted by Crippen LogP contribution is 2.18. The highest BCUT2D eigenvalue weighted by Gasteiger charge is 2.23. The SMILES string of the molecule is N=C(N)c1cc(C(=O)O)c(C(=O)O)cc1C(=O)O. The lowest BCUT2D eigenvalue weighted by atomic mass is 9.97. The molecular formula is C10H8N2O6. The van der Waals surface area contributed by atoms with Crippen molar-refractivity contribution in [3.05, 3.63) is 34.4 Å². The van der Waals surface area contributed by atoms with Gasteiger partial charge in [0.05, 0.1) is 16.7 Å². The number of benzene rings is 1. The smallest absolute Gasteiger partial charge is 0.336 e. The fourth-order valence-corrected chi connectivity index (χ4v) is 1.35. The summed E-state index contributed by atoms with van der Waals surface area (Å²) in [7, 11) is 0. The number of aromatic carboxylic acids is 3. The van der Waals surface area contributed by atoms with Gasteiger partial charge in [0.2, 0.25) is 0 Å². The summed E-state index contributed by atoms with van der Waals surface area (Å²) in [6, 6.07) is 1.43. The lowest BCUT2D eigenvalue weighted by Gasteiger charge is -2.08. The van der Waals surface area contributed by atoms with Crippen LogP contribution >= 0.6 is 0 Å². The van der Waals surface area contributed by atoms with E-state index < -0.39 is 40.4 Å². The molecule has 0 amide bonds. The summed E-state index contributed by atoms with van der Waals surface area (Å²) < 4.78 is 0. The molecule has 0 aliphatic heterocycles. The molecule has 1 rings (SSSR count). The Kier molecular flexibility index (Phi) is 3.32. The van der Waals surface area contributed by atoms with Gasteiger partial charge in [-0.15, -0.1) is 0 Å². The van der Waals surface area contributed by atoms with Crippen molar-refractivity contribution >= 4 is 23.7 Å². The number of hydrogen-bond acceptors (Lipinski definition) is 4. The highest BCUT2D eigenvalue weighted by atomic mass is 16.4. The summed E-state index contributed by atoms with van der Waals surface area (Å²) in [5, 5.41) is 33.7. The van der Waals surface area contributed by atoms with Crippen molar-refractivity contribution in [2.75, 3.05) is 0 Å². The average molecular weight is 252 g/mol. The molecule has 0 aliphatic carbocycles. The van der Waals surface area contributed by atoms with E-state index in [0.29, 0.717) is 6.07 Å². The number of carboxylic acids is 3. The zero-order chi connectivity index (χ0) is 14.0. The summed E-state index contributed by atoms with van der Waals surface area (Å²) in [4.78, 5) is 32.6. The van der Waals surface area contributed by atoms with E-state index in [1.54, 1.807) is 0 Å². The molecule has 0 aromatic heterocycles. The topological polar surface area (TPSA) is 162 Å². The Morgan fingerprint density at radius 2 is 1.11 bits per heavy atom. The minimum Gasteiger partial charge on any atom is -0.478 e. The van der Waals surface area contributed by atoms with Crippen LogP contribution < -0.4 is 5.73 Å². The average Bonchev–Trinajstić information content (AvgIpc) is 2.26. The molecule has 8 heteroatoms. The van der Waals surface area contributed by atoms with Gasteiger partial charge in [0.25, 0.3) is 0 Å². The predicted molar refractivity (Wildman–Crippen MR) is 58.3 cm³/mol. The van der Waals surface area contributed by atoms with Crippen molar-refractivity contribution in [1.29, 1.82) is 5.41 Å². The third-order valence-corrected chi connectivity index (χ3v) is 2.14. The number of rotatable bonds is 4. The lowest BCUT2D eigenvalue weighted by molar-refractivity contribution is 0.0649. The lowest BCUT2D eigenvalue weighted by Crippen LogP contribution is -2.20. The van der Waals surface area contributed by atoms with Crippen LogP contribution in [0.5, 0.6) is 0 Å². The van der Waals surface area contributed by atoms with Crippen molar-refractivity contribution in [3.8, 4) is 0 Å². The van der Waals surface area contributed by atoms with Gasteiger partial charge in [-0.05, 0) is 12.1 Å². The first kappa shape index (κ1) is 13.2. The number of hydrogen-bond donors (Lipinski definition) is 5. The Morgan fingerprint density at radius 1 is 0.833 bits per heavy atom. The van der Waals surface area contributed by atoms with Crippen molar-refractivity contribution in [3.63, 3.8) is 0 Å². The molecule has 0 heterocycles. The first-order valence-electron chi connectivity index (χ1n) is 4.48. The third kappa shape index (κ3) is 2.26. The number of nitrogens with one attached hydrogen (secondary N) is 1. The number of carboxylic acid groups (broad SMARTS) is 3. The van der Waals surface area contributed by atoms with Crippen LogP contribution in [0.1, 0.15) is 36.6 Å². The van der Waals surface area contributed by atoms with Crippen LogP contribution in [0.3, 0.4) is 0 Å². The molecule has 0 radical (unpaired) electrons. The molecule has 0 saturated carbocycles. The summed E-state index contributed by atoms with van der Waals surface area (Å²) in [5.74, 6) is -5.29.